The first kappa shape index (κ1) is 21.3. The highest BCUT2D eigenvalue weighted by Crippen LogP contribution is 2.33. The first-order valence-corrected chi connectivity index (χ1v) is 11.7. The van der Waals surface area contributed by atoms with Crippen molar-refractivity contribution in [2.45, 2.75) is 19.6 Å². The summed E-state index contributed by atoms with van der Waals surface area (Å²) in [6.45, 7) is 0.383. The van der Waals surface area contributed by atoms with E-state index in [-0.39, 0.29) is 39.1 Å². The summed E-state index contributed by atoms with van der Waals surface area (Å²) >= 11 is 1.24. The molecule has 11 heteroatoms. The van der Waals surface area contributed by atoms with Crippen molar-refractivity contribution >= 4 is 27.5 Å². The average molecular weight is 493 g/mol. The molecule has 2 aromatic heterocycles. The Morgan fingerprint density at radius 2 is 1.51 bits per heavy atom. The molecule has 0 bridgehead atoms. The van der Waals surface area contributed by atoms with Gasteiger partial charge in [-0.3, -0.25) is 18.7 Å². The fourth-order valence-electron chi connectivity index (χ4n) is 4.10. The standard InChI is InChI=1S/C24H19N3O7S/c28-21(25-9-14-1-3-17-19(7-14)33-12-31-17)11-26-16-5-6-35-22(16)23(29)27(24(26)30)10-15-2-4-18-20(8-15)34-13-32-18/h1-8H,9-13H2,(H,25,28). The van der Waals surface area contributed by atoms with Crippen LogP contribution in [-0.4, -0.2) is 28.6 Å². The van der Waals surface area contributed by atoms with E-state index in [1.807, 2.05) is 6.07 Å². The first-order valence-electron chi connectivity index (χ1n) is 10.8. The molecule has 0 saturated heterocycles. The molecule has 4 heterocycles. The molecule has 35 heavy (non-hydrogen) atoms. The van der Waals surface area contributed by atoms with Crippen molar-refractivity contribution in [2.75, 3.05) is 13.6 Å². The second kappa shape index (κ2) is 8.51. The fourth-order valence-corrected chi connectivity index (χ4v) is 4.94. The number of carbonyl (C=O) groups is 1. The van der Waals surface area contributed by atoms with Crippen molar-refractivity contribution in [3.05, 3.63) is 79.8 Å². The number of nitrogens with zero attached hydrogens (tertiary/aromatic N) is 2. The summed E-state index contributed by atoms with van der Waals surface area (Å²) in [6.07, 6.45) is 0. The minimum Gasteiger partial charge on any atom is -0.454 e. The normalized spacial score (nSPS) is 13.4. The number of hydrogen-bond acceptors (Lipinski definition) is 8. The number of ether oxygens (including phenoxy) is 4. The Morgan fingerprint density at radius 3 is 2.26 bits per heavy atom. The van der Waals surface area contributed by atoms with Gasteiger partial charge in [-0.05, 0) is 46.8 Å². The van der Waals surface area contributed by atoms with E-state index >= 15 is 0 Å². The fraction of sp³-hybridized carbons (Fsp3) is 0.208. The maximum Gasteiger partial charge on any atom is 0.332 e. The van der Waals surface area contributed by atoms with Crippen molar-refractivity contribution in [3.63, 3.8) is 0 Å². The molecule has 2 aliphatic heterocycles. The zero-order valence-corrected chi connectivity index (χ0v) is 19.1. The van der Waals surface area contributed by atoms with Gasteiger partial charge in [0.25, 0.3) is 5.56 Å². The van der Waals surface area contributed by atoms with Gasteiger partial charge in [0.1, 0.15) is 11.2 Å². The van der Waals surface area contributed by atoms with Gasteiger partial charge in [0.2, 0.25) is 19.5 Å². The van der Waals surface area contributed by atoms with Crippen LogP contribution >= 0.6 is 11.3 Å². The zero-order chi connectivity index (χ0) is 23.9. The molecular weight excluding hydrogens is 474 g/mol. The Balaban J connectivity index is 1.26. The van der Waals surface area contributed by atoms with E-state index in [4.69, 9.17) is 18.9 Å². The number of nitrogens with one attached hydrogen (secondary N) is 1. The SMILES string of the molecule is O=C(Cn1c(=O)n(Cc2ccc3c(c2)OCO3)c(=O)c2sccc21)NCc1ccc2c(c1)OCO2. The van der Waals surface area contributed by atoms with Gasteiger partial charge >= 0.3 is 5.69 Å². The Labute approximate surface area is 201 Å². The predicted molar refractivity (Wildman–Crippen MR) is 126 cm³/mol. The third kappa shape index (κ3) is 3.89. The van der Waals surface area contributed by atoms with Crippen LogP contribution in [0.3, 0.4) is 0 Å². The van der Waals surface area contributed by atoms with Crippen molar-refractivity contribution in [1.29, 1.82) is 0 Å². The summed E-state index contributed by atoms with van der Waals surface area (Å²) in [4.78, 5) is 39.2. The molecule has 0 spiro atoms. The predicted octanol–water partition coefficient (Wildman–Crippen LogP) is 2.05. The van der Waals surface area contributed by atoms with Crippen LogP contribution in [-0.2, 0) is 24.4 Å². The van der Waals surface area contributed by atoms with Gasteiger partial charge in [0.05, 0.1) is 12.1 Å². The number of carbonyl (C=O) groups excluding carboxylic acids is 1. The van der Waals surface area contributed by atoms with Crippen LogP contribution in [0.25, 0.3) is 10.2 Å². The van der Waals surface area contributed by atoms with E-state index in [0.717, 1.165) is 10.1 Å². The number of thiophene rings is 1. The quantitative estimate of drug-likeness (QED) is 0.438. The molecule has 1 amide bonds. The molecule has 6 rings (SSSR count). The Hall–Kier alpha value is -4.25. The lowest BCUT2D eigenvalue weighted by Gasteiger charge is -2.13. The van der Waals surface area contributed by atoms with Crippen LogP contribution < -0.4 is 35.5 Å². The summed E-state index contributed by atoms with van der Waals surface area (Å²) in [5, 5.41) is 4.56. The summed E-state index contributed by atoms with van der Waals surface area (Å²) < 4.78 is 24.3. The summed E-state index contributed by atoms with van der Waals surface area (Å²) in [5.74, 6) is 2.12. The lowest BCUT2D eigenvalue weighted by molar-refractivity contribution is -0.121. The molecule has 178 valence electrons. The molecule has 0 radical (unpaired) electrons. The molecule has 0 saturated carbocycles. The second-order valence-corrected chi connectivity index (χ2v) is 8.96. The monoisotopic (exact) mass is 493 g/mol. The van der Waals surface area contributed by atoms with Gasteiger partial charge in [-0.1, -0.05) is 12.1 Å². The van der Waals surface area contributed by atoms with E-state index in [9.17, 15) is 14.4 Å². The van der Waals surface area contributed by atoms with E-state index in [2.05, 4.69) is 5.32 Å². The highest BCUT2D eigenvalue weighted by Gasteiger charge is 2.19. The summed E-state index contributed by atoms with van der Waals surface area (Å²) in [5.41, 5.74) is 1.03. The summed E-state index contributed by atoms with van der Waals surface area (Å²) in [7, 11) is 0. The molecule has 0 atom stereocenters. The molecule has 4 aromatic rings. The highest BCUT2D eigenvalue weighted by atomic mass is 32.1. The molecule has 0 aliphatic carbocycles. The van der Waals surface area contributed by atoms with E-state index in [1.165, 1.54) is 15.9 Å². The van der Waals surface area contributed by atoms with Crippen LogP contribution in [0.2, 0.25) is 0 Å². The Morgan fingerprint density at radius 1 is 0.857 bits per heavy atom. The van der Waals surface area contributed by atoms with Gasteiger partial charge in [-0.15, -0.1) is 11.3 Å². The molecule has 2 aliphatic rings. The molecular formula is C24H19N3O7S. The third-order valence-corrected chi connectivity index (χ3v) is 6.73. The van der Waals surface area contributed by atoms with Gasteiger partial charge in [0, 0.05) is 6.54 Å². The van der Waals surface area contributed by atoms with Crippen molar-refractivity contribution in [2.24, 2.45) is 0 Å². The minimum atomic E-state index is -0.559. The number of rotatable bonds is 6. The number of amides is 1. The topological polar surface area (TPSA) is 110 Å². The maximum atomic E-state index is 13.3. The van der Waals surface area contributed by atoms with Crippen LogP contribution in [0.1, 0.15) is 11.1 Å². The van der Waals surface area contributed by atoms with Gasteiger partial charge in [0.15, 0.2) is 23.0 Å². The first-order chi connectivity index (χ1) is 17.1. The van der Waals surface area contributed by atoms with Crippen LogP contribution in [0.4, 0.5) is 0 Å². The largest absolute Gasteiger partial charge is 0.454 e. The maximum absolute atomic E-state index is 13.3. The minimum absolute atomic E-state index is 0.0426. The number of benzene rings is 2. The van der Waals surface area contributed by atoms with Gasteiger partial charge < -0.3 is 24.3 Å². The van der Waals surface area contributed by atoms with E-state index < -0.39 is 11.2 Å². The number of hydrogen-bond donors (Lipinski definition) is 1. The van der Waals surface area contributed by atoms with Crippen LogP contribution in [0.15, 0.2) is 57.4 Å². The second-order valence-electron chi connectivity index (χ2n) is 8.05. The molecule has 1 N–H and O–H groups in total. The Kier molecular flexibility index (Phi) is 5.18. The highest BCUT2D eigenvalue weighted by molar-refractivity contribution is 7.17. The molecule has 2 aromatic carbocycles. The molecule has 0 fully saturated rings. The smallest absolute Gasteiger partial charge is 0.332 e. The number of fused-ring (bicyclic) bond motifs is 3. The lowest BCUT2D eigenvalue weighted by Crippen LogP contribution is -2.42. The van der Waals surface area contributed by atoms with Crippen molar-refractivity contribution in [3.8, 4) is 23.0 Å². The van der Waals surface area contributed by atoms with Crippen LogP contribution in [0.5, 0.6) is 23.0 Å². The van der Waals surface area contributed by atoms with E-state index in [1.54, 1.807) is 41.8 Å². The van der Waals surface area contributed by atoms with Gasteiger partial charge in [-0.2, -0.15) is 0 Å². The Bertz CT molecular complexity index is 1590. The van der Waals surface area contributed by atoms with E-state index in [0.29, 0.717) is 38.8 Å². The zero-order valence-electron chi connectivity index (χ0n) is 18.3. The molecule has 0 unspecified atom stereocenters. The summed E-state index contributed by atoms with van der Waals surface area (Å²) in [6, 6.07) is 12.4. The van der Waals surface area contributed by atoms with Gasteiger partial charge in [-0.25, -0.2) is 4.79 Å². The lowest BCUT2D eigenvalue weighted by atomic mass is 10.2. The van der Waals surface area contributed by atoms with Crippen molar-refractivity contribution < 1.29 is 23.7 Å². The number of aromatic nitrogens is 2. The third-order valence-electron chi connectivity index (χ3n) is 5.84. The molecule has 10 nitrogen and oxygen atoms in total. The average Bonchev–Trinajstić information content (AvgIpc) is 3.63. The van der Waals surface area contributed by atoms with Crippen LogP contribution in [0, 0.1) is 0 Å². The van der Waals surface area contributed by atoms with Crippen molar-refractivity contribution in [1.82, 2.24) is 14.5 Å².